The molecule has 0 bridgehead atoms. The van der Waals surface area contributed by atoms with Gasteiger partial charge in [0, 0.05) is 55.5 Å². The second-order valence-electron chi connectivity index (χ2n) is 37.8. The molecule has 1 aliphatic rings. The van der Waals surface area contributed by atoms with E-state index >= 15 is 0 Å². The van der Waals surface area contributed by atoms with Gasteiger partial charge in [-0.15, -0.1) is 0 Å². The number of rotatable bonds is 17. The minimum atomic E-state index is 0.374. The summed E-state index contributed by atoms with van der Waals surface area (Å²) in [5, 5.41) is 13.0. The molecular weight excluding hydrogens is 1910 g/mol. The van der Waals surface area contributed by atoms with Crippen LogP contribution in [0.2, 0.25) is 0 Å². The summed E-state index contributed by atoms with van der Waals surface area (Å²) >= 11 is 0.762. The Morgan fingerprint density at radius 2 is 0.429 bits per heavy atom. The zero-order valence-electron chi connectivity index (χ0n) is 80.3. The number of fused-ring (bicyclic) bond motifs is 18. The van der Waals surface area contributed by atoms with Crippen molar-refractivity contribution in [2.75, 3.05) is 14.7 Å². The molecule has 5 heterocycles. The van der Waals surface area contributed by atoms with Crippen LogP contribution in [0.4, 0.5) is 51.2 Å². The third kappa shape index (κ3) is 16.3. The molecule has 8 heteroatoms. The molecule has 0 fully saturated rings. The number of hydrogen-bond acceptors (Lipinski definition) is 3. The van der Waals surface area contributed by atoms with Crippen molar-refractivity contribution >= 4 is 184 Å². The molecule has 0 atom stereocenters. The van der Waals surface area contributed by atoms with Crippen LogP contribution < -0.4 is 14.7 Å². The molecule has 0 radical (unpaired) electrons. The summed E-state index contributed by atoms with van der Waals surface area (Å²) < 4.78 is 13.0. The molecule has 0 saturated carbocycles. The van der Waals surface area contributed by atoms with Crippen LogP contribution in [0, 0.1) is 0 Å². The average molecular weight is 2010 g/mol. The van der Waals surface area contributed by atoms with E-state index in [9.17, 15) is 0 Å². The Kier molecular flexibility index (Phi) is 22.7. The van der Waals surface area contributed by atoms with E-state index in [1.807, 2.05) is 0 Å². The van der Waals surface area contributed by atoms with Gasteiger partial charge in [0.1, 0.15) is 0 Å². The number of hydrogen-bond donors (Lipinski definition) is 0. The van der Waals surface area contributed by atoms with Gasteiger partial charge in [-0.25, -0.2) is 0 Å². The van der Waals surface area contributed by atoms with E-state index in [4.69, 9.17) is 0 Å². The fourth-order valence-corrected chi connectivity index (χ4v) is 26.8. The number of para-hydroxylation sites is 8. The van der Waals surface area contributed by atoms with Gasteiger partial charge in [-0.3, -0.25) is 0 Å². The van der Waals surface area contributed by atoms with Crippen molar-refractivity contribution < 1.29 is 0 Å². The zero-order valence-corrected chi connectivity index (χ0v) is 83.7. The van der Waals surface area contributed by atoms with Gasteiger partial charge in [-0.1, -0.05) is 243 Å². The molecule has 0 saturated heterocycles. The van der Waals surface area contributed by atoms with E-state index in [0.717, 1.165) is 69.0 Å². The van der Waals surface area contributed by atoms with Crippen molar-refractivity contribution in [2.45, 2.75) is 6.42 Å². The van der Waals surface area contributed by atoms with E-state index in [2.05, 4.69) is 587 Å². The fourth-order valence-electron chi connectivity index (χ4n) is 22.3. The van der Waals surface area contributed by atoms with E-state index in [1.165, 1.54) is 188 Å². The Hall–Kier alpha value is -18.1. The van der Waals surface area contributed by atoms with Crippen molar-refractivity contribution in [1.82, 2.24) is 13.7 Å². The summed E-state index contributed by atoms with van der Waals surface area (Å²) in [6.45, 7) is 0. The Morgan fingerprint density at radius 1 is 0.150 bits per heavy atom. The molecule has 0 aliphatic heterocycles. The molecule has 23 aromatic carbocycles. The molecule has 0 spiro atoms. The van der Waals surface area contributed by atoms with E-state index in [1.54, 1.807) is 0 Å². The van der Waals surface area contributed by atoms with Crippen molar-refractivity contribution in [3.8, 4) is 83.8 Å². The van der Waals surface area contributed by atoms with Gasteiger partial charge in [0.15, 0.2) is 0 Å². The van der Waals surface area contributed by atoms with Gasteiger partial charge in [0.05, 0.1) is 38.8 Å². The Balaban J connectivity index is 0.000000109. The normalized spacial score (nSPS) is 11.6. The number of aromatic nitrogens is 3. The van der Waals surface area contributed by atoms with Crippen LogP contribution in [0.15, 0.2) is 558 Å². The van der Waals surface area contributed by atoms with Crippen LogP contribution in [-0.4, -0.2) is 42.7 Å². The van der Waals surface area contributed by atoms with Crippen LogP contribution >= 0.6 is 0 Å². The molecule has 0 amide bonds. The van der Waals surface area contributed by atoms with Crippen LogP contribution in [-0.2, 0) is 6.42 Å². The molecule has 6 nitrogen and oxygen atoms in total. The van der Waals surface area contributed by atoms with Crippen LogP contribution in [0.1, 0.15) is 11.1 Å². The Labute approximate surface area is 865 Å². The van der Waals surface area contributed by atoms with Gasteiger partial charge in [-0.05, 0) is 154 Å². The molecule has 0 unspecified atom stereocenters. The molecule has 1 aliphatic carbocycles. The first-order valence-electron chi connectivity index (χ1n) is 50.3. The SMILES string of the molecule is c1ccc(-c2ccc(N(c3ccc(-c4ccc5[se]c6ccccc6c5c4)cc3)c3ccc4c(c3)c3ccccc3n4-c3ccccc3)cc2)cc1.c1ccc(-c2ccccc2N(c2ccc(-c3ccc4c(c3)-c3ccccc3C4)cc2)c2ccc3c(c2)c2ccccc2n3-c2ccccc2)cc1.c1ccc(N(c2ccc(-c3ccc4[se]c5ccccc5c4c3)cc2)c2ccc3c(c2)c2ccccc2n3-c2ccccc2)cc1. The van der Waals surface area contributed by atoms with Crippen molar-refractivity contribution in [1.29, 1.82) is 0 Å². The maximum absolute atomic E-state index is 2.42. The second kappa shape index (κ2) is 38.0. The van der Waals surface area contributed by atoms with Gasteiger partial charge in [0.25, 0.3) is 0 Å². The zero-order chi connectivity index (χ0) is 97.2. The minimum absolute atomic E-state index is 0.374. The number of nitrogens with zero attached hydrogens (tertiary/aromatic N) is 6. The van der Waals surface area contributed by atoms with Gasteiger partial charge >= 0.3 is 363 Å². The fraction of sp³-hybridized carbons (Fsp3) is 0.00719. The molecule has 29 rings (SSSR count). The predicted molar refractivity (Wildman–Crippen MR) is 626 cm³/mol. The summed E-state index contributed by atoms with van der Waals surface area (Å²) in [6, 6.07) is 203. The maximum atomic E-state index is 2.42. The molecule has 0 N–H and O–H groups in total. The number of benzene rings is 23. The summed E-state index contributed by atoms with van der Waals surface area (Å²) in [7, 11) is 0. The van der Waals surface area contributed by atoms with E-state index in [0.29, 0.717) is 29.0 Å². The van der Waals surface area contributed by atoms with Crippen molar-refractivity contribution in [3.05, 3.63) is 569 Å². The van der Waals surface area contributed by atoms with Crippen LogP contribution in [0.3, 0.4) is 0 Å². The first-order valence-corrected chi connectivity index (χ1v) is 53.7. The van der Waals surface area contributed by atoms with Crippen molar-refractivity contribution in [3.63, 3.8) is 0 Å². The average Bonchev–Trinajstić information content (AvgIpc) is 1.60. The molecular formula is C139H94N6Se2. The molecule has 147 heavy (non-hydrogen) atoms. The summed E-state index contributed by atoms with van der Waals surface area (Å²) in [6.07, 6.45) is 1.01. The monoisotopic (exact) mass is 2010 g/mol. The third-order valence-electron chi connectivity index (χ3n) is 29.2. The van der Waals surface area contributed by atoms with Crippen LogP contribution in [0.5, 0.6) is 0 Å². The standard InChI is InChI=1S/C49H34N2.C48H32N2Se.C42H28N2Se/c1-3-13-35(14-4-1)43-19-9-11-21-47(43)50(40-27-25-34(26-28-40)36-23-24-38-31-37-15-7-8-18-42(37)45(38)32-36)41-29-30-49-46(33-41)44-20-10-12-22-48(44)51(49)39-16-5-2-6-17-39;1-3-11-33(12-4-1)34-19-24-38(25-20-34)49(39-26-21-35(22-27-39)36-23-30-48-44(31-36)42-16-8-10-18-47(42)51-48)40-28-29-46-43(32-40)41-15-7-9-17-45(41)50(46)37-13-5-2-6-14-37;1-3-11-31(12-4-1)43(33-22-19-29(20-23-33)30-21-26-42-38(27-30)36-16-8-10-18-41(36)45-42)34-24-25-40-37(28-34)35-15-7-9-17-39(35)44(40)32-13-5-2-6-14-32/h1-30,32-33H,31H2;1-32H;1-28H. The van der Waals surface area contributed by atoms with Gasteiger partial charge < -0.3 is 18.6 Å². The first kappa shape index (κ1) is 87.9. The number of anilines is 9. The molecule has 692 valence electrons. The summed E-state index contributed by atoms with van der Waals surface area (Å²) in [5.41, 5.74) is 38.6. The molecule has 5 aromatic heterocycles. The molecule has 28 aromatic rings. The topological polar surface area (TPSA) is 24.5 Å². The Morgan fingerprint density at radius 3 is 0.864 bits per heavy atom. The quantitative estimate of drug-likeness (QED) is 0.0850. The second-order valence-corrected chi connectivity index (χ2v) is 42.3. The van der Waals surface area contributed by atoms with Crippen LogP contribution in [0.25, 0.3) is 188 Å². The van der Waals surface area contributed by atoms with E-state index in [-0.39, 0.29) is 0 Å². The first-order chi connectivity index (χ1) is 72.9. The summed E-state index contributed by atoms with van der Waals surface area (Å²) in [4.78, 5) is 7.16. The summed E-state index contributed by atoms with van der Waals surface area (Å²) in [5.74, 6) is 0. The Bertz CT molecular complexity index is 9800. The van der Waals surface area contributed by atoms with Crippen molar-refractivity contribution in [2.24, 2.45) is 0 Å². The van der Waals surface area contributed by atoms with Gasteiger partial charge in [-0.2, -0.15) is 0 Å². The third-order valence-corrected chi connectivity index (χ3v) is 34.0. The van der Waals surface area contributed by atoms with Gasteiger partial charge in [0.2, 0.25) is 0 Å². The van der Waals surface area contributed by atoms with E-state index < -0.39 is 0 Å². The predicted octanol–water partition coefficient (Wildman–Crippen LogP) is 37.4.